The third kappa shape index (κ3) is 3.35. The number of benzene rings is 1. The maximum absolute atomic E-state index is 13.6. The predicted molar refractivity (Wildman–Crippen MR) is 118 cm³/mol. The smallest absolute Gasteiger partial charge is 0.248 e. The summed E-state index contributed by atoms with van der Waals surface area (Å²) in [5, 5.41) is 11.6. The van der Waals surface area contributed by atoms with Gasteiger partial charge in [-0.05, 0) is 37.5 Å². The van der Waals surface area contributed by atoms with Gasteiger partial charge in [0.25, 0.3) is 0 Å². The van der Waals surface area contributed by atoms with Crippen LogP contribution in [0, 0.1) is 0 Å². The molecule has 0 saturated heterocycles. The quantitative estimate of drug-likeness (QED) is 0.607. The van der Waals surface area contributed by atoms with Gasteiger partial charge in [0.2, 0.25) is 11.9 Å². The van der Waals surface area contributed by atoms with Gasteiger partial charge in [0.1, 0.15) is 18.7 Å². The van der Waals surface area contributed by atoms with Gasteiger partial charge in [-0.3, -0.25) is 9.36 Å². The first-order valence-electron chi connectivity index (χ1n) is 10.9. The van der Waals surface area contributed by atoms with Crippen molar-refractivity contribution in [2.45, 2.75) is 57.8 Å². The van der Waals surface area contributed by atoms with Crippen molar-refractivity contribution in [1.82, 2.24) is 24.7 Å². The van der Waals surface area contributed by atoms with Gasteiger partial charge in [-0.25, -0.2) is 9.37 Å². The van der Waals surface area contributed by atoms with Gasteiger partial charge in [0, 0.05) is 22.9 Å². The van der Waals surface area contributed by atoms with Crippen molar-refractivity contribution in [2.75, 3.05) is 10.2 Å². The molecule has 1 amide bonds. The first-order chi connectivity index (χ1) is 15.6. The number of nitrogens with zero attached hydrogens (tertiary/aromatic N) is 6. The third-order valence-corrected chi connectivity index (χ3v) is 6.35. The number of primary amides is 1. The number of aromatic nitrogens is 5. The lowest BCUT2D eigenvalue weighted by atomic mass is 10.0. The van der Waals surface area contributed by atoms with Gasteiger partial charge in [-0.15, -0.1) is 10.2 Å². The van der Waals surface area contributed by atoms with Crippen molar-refractivity contribution in [3.05, 3.63) is 47.7 Å². The molecule has 5 rings (SSSR count). The van der Waals surface area contributed by atoms with Gasteiger partial charge in [0.05, 0.1) is 12.2 Å². The van der Waals surface area contributed by atoms with E-state index >= 15 is 0 Å². The van der Waals surface area contributed by atoms with Crippen LogP contribution in [0.1, 0.15) is 66.8 Å². The van der Waals surface area contributed by atoms with Crippen molar-refractivity contribution < 1.29 is 9.18 Å². The molecule has 3 heterocycles. The molecule has 1 aliphatic carbocycles. The molecule has 1 saturated carbocycles. The molecule has 1 aliphatic heterocycles. The molecule has 32 heavy (non-hydrogen) atoms. The summed E-state index contributed by atoms with van der Waals surface area (Å²) >= 11 is 0. The number of amides is 1. The second-order valence-electron chi connectivity index (χ2n) is 8.23. The van der Waals surface area contributed by atoms with Gasteiger partial charge >= 0.3 is 0 Å². The highest BCUT2D eigenvalue weighted by Crippen LogP contribution is 2.42. The van der Waals surface area contributed by atoms with Crippen LogP contribution in [0.3, 0.4) is 0 Å². The van der Waals surface area contributed by atoms with E-state index in [1.807, 2.05) is 4.57 Å². The SMILES string of the molecule is CCC1c2nncn2-c2cnc(Nc3ccc(C(N)=O)cc3CF)nc2N1C1CCCC1. The van der Waals surface area contributed by atoms with Crippen molar-refractivity contribution in [3.63, 3.8) is 0 Å². The van der Waals surface area contributed by atoms with Crippen LogP contribution in [0.25, 0.3) is 5.69 Å². The van der Waals surface area contributed by atoms with E-state index in [-0.39, 0.29) is 11.6 Å². The molecule has 0 bridgehead atoms. The molecule has 3 aromatic rings. The average Bonchev–Trinajstić information content (AvgIpc) is 3.50. The van der Waals surface area contributed by atoms with Crippen molar-refractivity contribution >= 4 is 23.4 Å². The Hall–Kier alpha value is -3.56. The molecule has 3 N–H and O–H groups in total. The Morgan fingerprint density at radius 1 is 1.31 bits per heavy atom. The number of carbonyl (C=O) groups is 1. The van der Waals surface area contributed by atoms with Gasteiger partial charge in [-0.1, -0.05) is 19.8 Å². The van der Waals surface area contributed by atoms with Crippen LogP contribution in [-0.2, 0) is 6.67 Å². The molecule has 166 valence electrons. The predicted octanol–water partition coefficient (Wildman–Crippen LogP) is 3.58. The number of anilines is 3. The lowest BCUT2D eigenvalue weighted by Gasteiger charge is -2.40. The monoisotopic (exact) mass is 436 g/mol. The fourth-order valence-electron chi connectivity index (χ4n) is 4.80. The Morgan fingerprint density at radius 3 is 2.84 bits per heavy atom. The number of hydrogen-bond acceptors (Lipinski definition) is 7. The van der Waals surface area contributed by atoms with Crippen LogP contribution in [0.2, 0.25) is 0 Å². The number of halogens is 1. The van der Waals surface area contributed by atoms with Crippen molar-refractivity contribution in [3.8, 4) is 5.69 Å². The zero-order chi connectivity index (χ0) is 22.2. The summed E-state index contributed by atoms with van der Waals surface area (Å²) in [7, 11) is 0. The topological polar surface area (TPSA) is 115 Å². The van der Waals surface area contributed by atoms with Crippen LogP contribution in [0.5, 0.6) is 0 Å². The number of carbonyl (C=O) groups excluding carboxylic acids is 1. The number of fused-ring (bicyclic) bond motifs is 3. The summed E-state index contributed by atoms with van der Waals surface area (Å²) in [5.74, 6) is 1.49. The molecular formula is C22H25FN8O. The minimum absolute atomic E-state index is 0.0760. The van der Waals surface area contributed by atoms with Crippen molar-refractivity contribution in [2.24, 2.45) is 5.73 Å². The van der Waals surface area contributed by atoms with Crippen LogP contribution >= 0.6 is 0 Å². The van der Waals surface area contributed by atoms with E-state index in [2.05, 4.69) is 32.3 Å². The van der Waals surface area contributed by atoms with E-state index in [4.69, 9.17) is 10.7 Å². The zero-order valence-corrected chi connectivity index (χ0v) is 17.8. The maximum atomic E-state index is 13.6. The highest BCUT2D eigenvalue weighted by Gasteiger charge is 2.38. The van der Waals surface area contributed by atoms with E-state index in [1.54, 1.807) is 24.7 Å². The highest BCUT2D eigenvalue weighted by atomic mass is 19.1. The summed E-state index contributed by atoms with van der Waals surface area (Å²) in [6.07, 6.45) is 8.93. The molecule has 2 aliphatic rings. The molecule has 1 unspecified atom stereocenters. The van der Waals surface area contributed by atoms with E-state index in [9.17, 15) is 9.18 Å². The second kappa shape index (κ2) is 8.18. The maximum Gasteiger partial charge on any atom is 0.248 e. The second-order valence-corrected chi connectivity index (χ2v) is 8.23. The van der Waals surface area contributed by atoms with E-state index in [0.717, 1.165) is 36.6 Å². The summed E-state index contributed by atoms with van der Waals surface area (Å²) in [4.78, 5) is 23.1. The van der Waals surface area contributed by atoms with Gasteiger partial charge in [-0.2, -0.15) is 4.98 Å². The number of alkyl halides is 1. The molecule has 1 fully saturated rings. The molecule has 9 nitrogen and oxygen atoms in total. The number of rotatable bonds is 6. The molecule has 1 atom stereocenters. The van der Waals surface area contributed by atoms with Crippen LogP contribution in [0.4, 0.5) is 21.8 Å². The van der Waals surface area contributed by atoms with E-state index < -0.39 is 12.6 Å². The Morgan fingerprint density at radius 2 is 2.12 bits per heavy atom. The minimum atomic E-state index is -0.745. The zero-order valence-electron chi connectivity index (χ0n) is 17.8. The molecule has 10 heteroatoms. The van der Waals surface area contributed by atoms with Gasteiger partial charge < -0.3 is 16.0 Å². The summed E-state index contributed by atoms with van der Waals surface area (Å²) in [5.41, 5.74) is 7.24. The number of nitrogens with two attached hydrogens (primary N) is 1. The van der Waals surface area contributed by atoms with Crippen LogP contribution < -0.4 is 16.0 Å². The molecule has 0 radical (unpaired) electrons. The van der Waals surface area contributed by atoms with Gasteiger partial charge in [0.15, 0.2) is 11.6 Å². The normalized spacial score (nSPS) is 17.8. The fourth-order valence-corrected chi connectivity index (χ4v) is 4.80. The number of hydrogen-bond donors (Lipinski definition) is 2. The Bertz CT molecular complexity index is 1160. The highest BCUT2D eigenvalue weighted by molar-refractivity contribution is 5.93. The standard InChI is InChI=1S/C22H25FN8O/c1-2-17-21-29-26-12-30(21)18-11-25-22(28-20(18)31(17)15-5-3-4-6-15)27-16-8-7-13(19(24)32)9-14(16)10-23/h7-9,11-12,15,17H,2-6,10H2,1H3,(H2,24,32)(H,25,27,28). The molecule has 0 spiro atoms. The van der Waals surface area contributed by atoms with E-state index in [1.165, 1.54) is 18.9 Å². The first-order valence-corrected chi connectivity index (χ1v) is 10.9. The molecule has 2 aromatic heterocycles. The number of nitrogens with one attached hydrogen (secondary N) is 1. The Kier molecular flexibility index (Phi) is 5.20. The largest absolute Gasteiger partial charge is 0.366 e. The van der Waals surface area contributed by atoms with E-state index in [0.29, 0.717) is 23.2 Å². The molecule has 1 aromatic carbocycles. The minimum Gasteiger partial charge on any atom is -0.366 e. The van der Waals surface area contributed by atoms with Crippen molar-refractivity contribution in [1.29, 1.82) is 0 Å². The Balaban J connectivity index is 1.56. The molecular weight excluding hydrogens is 411 g/mol. The average molecular weight is 436 g/mol. The Labute approximate surface area is 184 Å². The first kappa shape index (κ1) is 20.3. The summed E-state index contributed by atoms with van der Waals surface area (Å²) in [6.45, 7) is 1.40. The van der Waals surface area contributed by atoms with Crippen LogP contribution in [-0.4, -0.2) is 36.7 Å². The lowest BCUT2D eigenvalue weighted by molar-refractivity contribution is 0.1000. The third-order valence-electron chi connectivity index (χ3n) is 6.35. The summed E-state index contributed by atoms with van der Waals surface area (Å²) < 4.78 is 15.6. The van der Waals surface area contributed by atoms with Crippen LogP contribution in [0.15, 0.2) is 30.7 Å². The summed E-state index contributed by atoms with van der Waals surface area (Å²) in [6, 6.07) is 5.09. The lowest BCUT2D eigenvalue weighted by Crippen LogP contribution is -2.42. The fraction of sp³-hybridized carbons (Fsp3) is 0.409.